The summed E-state index contributed by atoms with van der Waals surface area (Å²) in [5, 5.41) is 12.7. The second-order valence-electron chi connectivity index (χ2n) is 8.51. The van der Waals surface area contributed by atoms with Gasteiger partial charge in [0.05, 0.1) is 18.7 Å². The van der Waals surface area contributed by atoms with Crippen LogP contribution >= 0.6 is 0 Å². The van der Waals surface area contributed by atoms with Crippen molar-refractivity contribution < 1.29 is 4.74 Å². The van der Waals surface area contributed by atoms with Gasteiger partial charge in [-0.3, -0.25) is 4.90 Å². The van der Waals surface area contributed by atoms with Crippen LogP contribution in [0.4, 0.5) is 0 Å². The minimum Gasteiger partial charge on any atom is -0.490 e. The lowest BCUT2D eigenvalue weighted by Crippen LogP contribution is -2.36. The zero-order valence-electron chi connectivity index (χ0n) is 16.6. The molecule has 3 heterocycles. The number of ether oxygens (including phenoxy) is 1. The van der Waals surface area contributed by atoms with Crippen molar-refractivity contribution in [3.8, 4) is 5.75 Å². The quantitative estimate of drug-likeness (QED) is 0.860. The van der Waals surface area contributed by atoms with Gasteiger partial charge >= 0.3 is 0 Å². The second kappa shape index (κ2) is 8.21. The van der Waals surface area contributed by atoms with Crippen LogP contribution in [0.25, 0.3) is 0 Å². The number of rotatable bonds is 5. The molecule has 0 radical (unpaired) electrons. The van der Waals surface area contributed by atoms with Crippen LogP contribution in [0.15, 0.2) is 24.3 Å². The van der Waals surface area contributed by atoms with Crippen molar-refractivity contribution in [3.05, 3.63) is 41.5 Å². The van der Waals surface area contributed by atoms with Gasteiger partial charge in [-0.1, -0.05) is 18.6 Å². The molecule has 1 saturated heterocycles. The standard InChI is InChI=1S/C22H31N5O/c1-2-8-18(7-1)28-19-9-5-6-17(14-19)15-26-12-13-27-21(16-26)24-25-22(27)20-10-3-4-11-23-20/h5-6,9,14,18,20,23H,1-4,7-8,10-13,15-16H2/t20-/m1/s1. The van der Waals surface area contributed by atoms with Gasteiger partial charge in [0.25, 0.3) is 0 Å². The molecule has 3 aliphatic rings. The summed E-state index contributed by atoms with van der Waals surface area (Å²) in [4.78, 5) is 2.47. The molecule has 1 saturated carbocycles. The van der Waals surface area contributed by atoms with Crippen molar-refractivity contribution in [1.29, 1.82) is 0 Å². The normalized spacial score (nSPS) is 23.6. The van der Waals surface area contributed by atoms with Crippen LogP contribution < -0.4 is 10.1 Å². The Labute approximate surface area is 167 Å². The average Bonchev–Trinajstić information content (AvgIpc) is 3.38. The van der Waals surface area contributed by atoms with Crippen molar-refractivity contribution >= 4 is 0 Å². The van der Waals surface area contributed by atoms with Crippen LogP contribution in [0.3, 0.4) is 0 Å². The minimum absolute atomic E-state index is 0.381. The largest absolute Gasteiger partial charge is 0.490 e. The summed E-state index contributed by atoms with van der Waals surface area (Å²) in [5.74, 6) is 3.27. The molecule has 150 valence electrons. The smallest absolute Gasteiger partial charge is 0.150 e. The fourth-order valence-corrected chi connectivity index (χ4v) is 4.87. The Morgan fingerprint density at radius 1 is 1.04 bits per heavy atom. The molecule has 5 rings (SSSR count). The van der Waals surface area contributed by atoms with E-state index in [0.29, 0.717) is 12.1 Å². The van der Waals surface area contributed by atoms with Gasteiger partial charge in [0.2, 0.25) is 0 Å². The van der Waals surface area contributed by atoms with E-state index in [4.69, 9.17) is 4.74 Å². The van der Waals surface area contributed by atoms with E-state index in [2.05, 4.69) is 49.2 Å². The highest BCUT2D eigenvalue weighted by molar-refractivity contribution is 5.29. The maximum Gasteiger partial charge on any atom is 0.150 e. The van der Waals surface area contributed by atoms with Crippen molar-refractivity contribution in [2.24, 2.45) is 0 Å². The Kier molecular flexibility index (Phi) is 5.32. The maximum absolute atomic E-state index is 6.18. The molecule has 2 aliphatic heterocycles. The fraction of sp³-hybridized carbons (Fsp3) is 0.636. The fourth-order valence-electron chi connectivity index (χ4n) is 4.87. The van der Waals surface area contributed by atoms with Gasteiger partial charge in [-0.25, -0.2) is 0 Å². The van der Waals surface area contributed by atoms with Crippen LogP contribution in [-0.2, 0) is 19.6 Å². The summed E-state index contributed by atoms with van der Waals surface area (Å²) >= 11 is 0. The Morgan fingerprint density at radius 3 is 2.79 bits per heavy atom. The van der Waals surface area contributed by atoms with Gasteiger partial charge in [-0.05, 0) is 62.8 Å². The lowest BCUT2D eigenvalue weighted by molar-refractivity contribution is 0.200. The van der Waals surface area contributed by atoms with Crippen molar-refractivity contribution in [2.45, 2.75) is 76.7 Å². The summed E-state index contributed by atoms with van der Waals surface area (Å²) in [6.45, 7) is 4.92. The third-order valence-corrected chi connectivity index (χ3v) is 6.39. The lowest BCUT2D eigenvalue weighted by Gasteiger charge is -2.30. The van der Waals surface area contributed by atoms with Gasteiger partial charge in [0.15, 0.2) is 0 Å². The minimum atomic E-state index is 0.381. The number of nitrogens with zero attached hydrogens (tertiary/aromatic N) is 4. The summed E-state index contributed by atoms with van der Waals surface area (Å²) in [6, 6.07) is 9.02. The zero-order valence-corrected chi connectivity index (χ0v) is 16.6. The Hall–Kier alpha value is -1.92. The van der Waals surface area contributed by atoms with E-state index in [1.54, 1.807) is 0 Å². The van der Waals surface area contributed by atoms with Gasteiger partial charge in [-0.15, -0.1) is 10.2 Å². The summed E-state index contributed by atoms with van der Waals surface area (Å²) in [6.07, 6.45) is 9.15. The first kappa shape index (κ1) is 18.1. The third kappa shape index (κ3) is 3.94. The highest BCUT2D eigenvalue weighted by Gasteiger charge is 2.26. The number of aromatic nitrogens is 3. The molecular formula is C22H31N5O. The number of benzene rings is 1. The molecule has 1 aliphatic carbocycles. The van der Waals surface area contributed by atoms with Gasteiger partial charge in [0.1, 0.15) is 17.4 Å². The maximum atomic E-state index is 6.18. The monoisotopic (exact) mass is 381 g/mol. The van der Waals surface area contributed by atoms with E-state index in [1.165, 1.54) is 50.5 Å². The van der Waals surface area contributed by atoms with Crippen molar-refractivity contribution in [2.75, 3.05) is 13.1 Å². The zero-order chi connectivity index (χ0) is 18.8. The molecule has 1 aromatic carbocycles. The molecule has 1 aromatic heterocycles. The SMILES string of the molecule is c1cc(CN2CCn3c(nnc3[C@H]3CCCCN3)C2)cc(OC2CCCC2)c1. The molecule has 0 unspecified atom stereocenters. The molecule has 1 atom stereocenters. The van der Waals surface area contributed by atoms with Crippen LogP contribution in [0, 0.1) is 0 Å². The predicted octanol–water partition coefficient (Wildman–Crippen LogP) is 3.43. The van der Waals surface area contributed by atoms with Crippen LogP contribution in [-0.4, -0.2) is 38.9 Å². The van der Waals surface area contributed by atoms with Gasteiger partial charge < -0.3 is 14.6 Å². The van der Waals surface area contributed by atoms with Crippen LogP contribution in [0.2, 0.25) is 0 Å². The van der Waals surface area contributed by atoms with Crippen LogP contribution in [0.1, 0.15) is 68.2 Å². The molecular weight excluding hydrogens is 350 g/mol. The number of piperidine rings is 1. The number of nitrogens with one attached hydrogen (secondary N) is 1. The molecule has 0 amide bonds. The highest BCUT2D eigenvalue weighted by Crippen LogP contribution is 2.27. The summed E-state index contributed by atoms with van der Waals surface area (Å²) in [5.41, 5.74) is 1.32. The predicted molar refractivity (Wildman–Crippen MR) is 108 cm³/mol. The first-order valence-corrected chi connectivity index (χ1v) is 11.0. The molecule has 1 N–H and O–H groups in total. The number of hydrogen-bond acceptors (Lipinski definition) is 5. The second-order valence-corrected chi connectivity index (χ2v) is 8.51. The Bertz CT molecular complexity index is 792. The first-order chi connectivity index (χ1) is 13.8. The Balaban J connectivity index is 1.23. The molecule has 0 bridgehead atoms. The molecule has 6 heteroatoms. The van der Waals surface area contributed by atoms with E-state index in [9.17, 15) is 0 Å². The highest BCUT2D eigenvalue weighted by atomic mass is 16.5. The molecule has 28 heavy (non-hydrogen) atoms. The van der Waals surface area contributed by atoms with Gasteiger partial charge in [-0.2, -0.15) is 0 Å². The van der Waals surface area contributed by atoms with Crippen LogP contribution in [0.5, 0.6) is 5.75 Å². The summed E-state index contributed by atoms with van der Waals surface area (Å²) < 4.78 is 8.53. The molecule has 6 nitrogen and oxygen atoms in total. The first-order valence-electron chi connectivity index (χ1n) is 11.0. The molecule has 0 spiro atoms. The van der Waals surface area contributed by atoms with E-state index < -0.39 is 0 Å². The van der Waals surface area contributed by atoms with Crippen molar-refractivity contribution in [1.82, 2.24) is 25.0 Å². The average molecular weight is 382 g/mol. The topological polar surface area (TPSA) is 55.2 Å². The summed E-state index contributed by atoms with van der Waals surface area (Å²) in [7, 11) is 0. The lowest BCUT2D eigenvalue weighted by atomic mass is 10.0. The Morgan fingerprint density at radius 2 is 1.93 bits per heavy atom. The van der Waals surface area contributed by atoms with E-state index in [0.717, 1.165) is 50.1 Å². The number of hydrogen-bond donors (Lipinski definition) is 1. The van der Waals surface area contributed by atoms with E-state index in [1.807, 2.05) is 0 Å². The van der Waals surface area contributed by atoms with E-state index >= 15 is 0 Å². The molecule has 2 fully saturated rings. The number of fused-ring (bicyclic) bond motifs is 1. The third-order valence-electron chi connectivity index (χ3n) is 6.39. The van der Waals surface area contributed by atoms with Crippen molar-refractivity contribution in [3.63, 3.8) is 0 Å². The molecule has 2 aromatic rings. The van der Waals surface area contributed by atoms with E-state index in [-0.39, 0.29) is 0 Å². The van der Waals surface area contributed by atoms with Gasteiger partial charge in [0, 0.05) is 19.6 Å².